The Balaban J connectivity index is 0.00000182. The summed E-state index contributed by atoms with van der Waals surface area (Å²) >= 11 is 0. The molecule has 3 aliphatic rings. The van der Waals surface area contributed by atoms with Crippen LogP contribution in [0.15, 0.2) is 6.07 Å². The average molecular weight is 368 g/mol. The first-order chi connectivity index (χ1) is 11.7. The lowest BCUT2D eigenvalue weighted by atomic mass is 9.83. The minimum absolute atomic E-state index is 0. The van der Waals surface area contributed by atoms with E-state index in [1.165, 1.54) is 12.8 Å². The monoisotopic (exact) mass is 367 g/mol. The molecule has 2 amide bonds. The van der Waals surface area contributed by atoms with E-state index >= 15 is 0 Å². The molecule has 1 aliphatic carbocycles. The van der Waals surface area contributed by atoms with Crippen LogP contribution in [0.25, 0.3) is 0 Å². The van der Waals surface area contributed by atoms with Gasteiger partial charge in [-0.25, -0.2) is 0 Å². The Kier molecular flexibility index (Phi) is 5.34. The van der Waals surface area contributed by atoms with Gasteiger partial charge in [0.15, 0.2) is 0 Å². The first-order valence-electron chi connectivity index (χ1n) is 9.01. The zero-order valence-electron chi connectivity index (χ0n) is 14.3. The van der Waals surface area contributed by atoms with Crippen LogP contribution < -0.4 is 5.73 Å². The zero-order valence-corrected chi connectivity index (χ0v) is 15.1. The summed E-state index contributed by atoms with van der Waals surface area (Å²) in [7, 11) is 0. The highest BCUT2D eigenvalue weighted by molar-refractivity contribution is 5.92. The Hall–Kier alpha value is -1.60. The number of nitrogens with one attached hydrogen (secondary N) is 1. The minimum Gasteiger partial charge on any atom is -0.338 e. The van der Waals surface area contributed by atoms with E-state index in [2.05, 4.69) is 10.2 Å². The number of likely N-dealkylation sites (tertiary alicyclic amines) is 2. The molecule has 3 N–H and O–H groups in total. The van der Waals surface area contributed by atoms with Crippen LogP contribution in [0.1, 0.15) is 54.2 Å². The molecule has 0 bridgehead atoms. The number of hydrogen-bond acceptors (Lipinski definition) is 4. The van der Waals surface area contributed by atoms with Gasteiger partial charge in [0.2, 0.25) is 5.91 Å². The number of aromatic nitrogens is 2. The number of nitrogens with zero attached hydrogens (tertiary/aromatic N) is 3. The van der Waals surface area contributed by atoms with Crippen LogP contribution in [0.3, 0.4) is 0 Å². The molecule has 0 aromatic carbocycles. The maximum atomic E-state index is 12.7. The summed E-state index contributed by atoms with van der Waals surface area (Å²) in [5, 5.41) is 7.23. The third kappa shape index (κ3) is 3.53. The van der Waals surface area contributed by atoms with Crippen LogP contribution in [-0.4, -0.2) is 64.0 Å². The average Bonchev–Trinajstić information content (AvgIpc) is 3.33. The molecular formula is C17H26ClN5O2. The summed E-state index contributed by atoms with van der Waals surface area (Å²) < 4.78 is 0. The number of fused-ring (bicyclic) bond motifs is 1. The van der Waals surface area contributed by atoms with E-state index < -0.39 is 0 Å². The molecule has 3 fully saturated rings. The van der Waals surface area contributed by atoms with Gasteiger partial charge in [-0.3, -0.25) is 14.7 Å². The molecule has 3 heterocycles. The van der Waals surface area contributed by atoms with Crippen molar-refractivity contribution >= 4 is 24.2 Å². The summed E-state index contributed by atoms with van der Waals surface area (Å²) in [5.74, 6) is 1.15. The lowest BCUT2D eigenvalue weighted by Crippen LogP contribution is -2.57. The van der Waals surface area contributed by atoms with Crippen molar-refractivity contribution in [1.82, 2.24) is 20.0 Å². The summed E-state index contributed by atoms with van der Waals surface area (Å²) in [6.07, 6.45) is 4.64. The topological polar surface area (TPSA) is 95.3 Å². The fraction of sp³-hybridized carbons (Fsp3) is 0.706. The van der Waals surface area contributed by atoms with Gasteiger partial charge in [-0.1, -0.05) is 0 Å². The number of carbonyl (C=O) groups excluding carboxylic acids is 2. The number of hydrogen-bond donors (Lipinski definition) is 2. The van der Waals surface area contributed by atoms with Crippen LogP contribution in [-0.2, 0) is 4.79 Å². The molecular weight excluding hydrogens is 342 g/mol. The first kappa shape index (κ1) is 18.2. The van der Waals surface area contributed by atoms with Crippen molar-refractivity contribution in [3.8, 4) is 0 Å². The van der Waals surface area contributed by atoms with Gasteiger partial charge in [-0.05, 0) is 37.7 Å². The summed E-state index contributed by atoms with van der Waals surface area (Å²) in [4.78, 5) is 28.7. The predicted molar refractivity (Wildman–Crippen MR) is 95.6 cm³/mol. The van der Waals surface area contributed by atoms with Crippen LogP contribution in [0.5, 0.6) is 0 Å². The molecule has 1 aromatic heterocycles. The summed E-state index contributed by atoms with van der Waals surface area (Å²) in [6.45, 7) is 2.51. The molecule has 8 heteroatoms. The lowest BCUT2D eigenvalue weighted by molar-refractivity contribution is -0.140. The van der Waals surface area contributed by atoms with E-state index in [1.807, 2.05) is 15.9 Å². The van der Waals surface area contributed by atoms with E-state index in [-0.39, 0.29) is 30.3 Å². The highest BCUT2D eigenvalue weighted by Crippen LogP contribution is 2.39. The molecule has 0 radical (unpaired) electrons. The molecule has 2 saturated heterocycles. The smallest absolute Gasteiger partial charge is 0.274 e. The second-order valence-electron chi connectivity index (χ2n) is 7.26. The Labute approximate surface area is 153 Å². The van der Waals surface area contributed by atoms with Gasteiger partial charge in [-0.15, -0.1) is 12.4 Å². The van der Waals surface area contributed by atoms with Crippen molar-refractivity contribution in [2.45, 2.75) is 44.1 Å². The Bertz CT molecular complexity index is 645. The number of nitrogens with two attached hydrogens (primary N) is 1. The Morgan fingerprint density at radius 3 is 2.84 bits per heavy atom. The van der Waals surface area contributed by atoms with E-state index in [4.69, 9.17) is 5.73 Å². The SMILES string of the molecule is Cl.NCCN1C(=O)CC[C@H]2CN(C(=O)c3cc(C4CC4)[nH]n3)CC[C@H]21. The van der Waals surface area contributed by atoms with Gasteiger partial charge in [-0.2, -0.15) is 5.10 Å². The number of H-pyrrole nitrogens is 1. The zero-order chi connectivity index (χ0) is 16.7. The van der Waals surface area contributed by atoms with Gasteiger partial charge in [0.25, 0.3) is 5.91 Å². The second kappa shape index (κ2) is 7.33. The van der Waals surface area contributed by atoms with Crippen molar-refractivity contribution in [2.24, 2.45) is 11.7 Å². The maximum Gasteiger partial charge on any atom is 0.274 e. The molecule has 4 rings (SSSR count). The quantitative estimate of drug-likeness (QED) is 0.833. The minimum atomic E-state index is 0. The highest BCUT2D eigenvalue weighted by Gasteiger charge is 2.40. The largest absolute Gasteiger partial charge is 0.338 e. The van der Waals surface area contributed by atoms with Gasteiger partial charge in [0, 0.05) is 50.3 Å². The standard InChI is InChI=1S/C17H25N5O2.ClH/c18-6-8-22-15-5-7-21(10-12(15)3-4-16(22)23)17(24)14-9-13(19-20-14)11-1-2-11;/h9,11-12,15H,1-8,10,18H2,(H,19,20);1H/t12-,15+;/m0./s1. The van der Waals surface area contributed by atoms with Crippen LogP contribution in [0.4, 0.5) is 0 Å². The number of rotatable bonds is 4. The molecule has 138 valence electrons. The predicted octanol–water partition coefficient (Wildman–Crippen LogP) is 1.12. The maximum absolute atomic E-state index is 12.7. The van der Waals surface area contributed by atoms with Crippen LogP contribution >= 0.6 is 12.4 Å². The van der Waals surface area contributed by atoms with Gasteiger partial charge in [0.1, 0.15) is 5.69 Å². The Morgan fingerprint density at radius 2 is 2.12 bits per heavy atom. The first-order valence-corrected chi connectivity index (χ1v) is 9.01. The van der Waals surface area contributed by atoms with Gasteiger partial charge in [0.05, 0.1) is 0 Å². The Morgan fingerprint density at radius 1 is 1.32 bits per heavy atom. The number of aromatic amines is 1. The van der Waals surface area contributed by atoms with E-state index in [0.717, 1.165) is 18.5 Å². The normalized spacial score (nSPS) is 26.2. The van der Waals surface area contributed by atoms with Crippen LogP contribution in [0, 0.1) is 5.92 Å². The van der Waals surface area contributed by atoms with E-state index in [9.17, 15) is 9.59 Å². The molecule has 0 spiro atoms. The van der Waals surface area contributed by atoms with Crippen molar-refractivity contribution < 1.29 is 9.59 Å². The lowest BCUT2D eigenvalue weighted by Gasteiger charge is -2.46. The third-order valence-corrected chi connectivity index (χ3v) is 5.63. The van der Waals surface area contributed by atoms with E-state index in [1.54, 1.807) is 0 Å². The third-order valence-electron chi connectivity index (χ3n) is 5.63. The number of halogens is 1. The highest BCUT2D eigenvalue weighted by atomic mass is 35.5. The number of amides is 2. The molecule has 0 unspecified atom stereocenters. The van der Waals surface area contributed by atoms with Crippen molar-refractivity contribution in [3.05, 3.63) is 17.5 Å². The van der Waals surface area contributed by atoms with Crippen molar-refractivity contribution in [2.75, 3.05) is 26.2 Å². The fourth-order valence-electron chi connectivity index (χ4n) is 4.18. The molecule has 7 nitrogen and oxygen atoms in total. The number of piperidine rings is 2. The molecule has 1 aromatic rings. The molecule has 25 heavy (non-hydrogen) atoms. The fourth-order valence-corrected chi connectivity index (χ4v) is 4.18. The van der Waals surface area contributed by atoms with Crippen molar-refractivity contribution in [3.63, 3.8) is 0 Å². The van der Waals surface area contributed by atoms with Gasteiger partial charge >= 0.3 is 0 Å². The summed E-state index contributed by atoms with van der Waals surface area (Å²) in [5.41, 5.74) is 7.27. The molecule has 2 atom stereocenters. The van der Waals surface area contributed by atoms with Crippen molar-refractivity contribution in [1.29, 1.82) is 0 Å². The van der Waals surface area contributed by atoms with E-state index in [0.29, 0.717) is 50.1 Å². The second-order valence-corrected chi connectivity index (χ2v) is 7.26. The van der Waals surface area contributed by atoms with Gasteiger partial charge < -0.3 is 15.5 Å². The summed E-state index contributed by atoms with van der Waals surface area (Å²) in [6, 6.07) is 2.15. The molecule has 1 saturated carbocycles. The number of carbonyl (C=O) groups is 2. The van der Waals surface area contributed by atoms with Crippen LogP contribution in [0.2, 0.25) is 0 Å². The molecule has 2 aliphatic heterocycles.